The molecule has 0 spiro atoms. The van der Waals surface area contributed by atoms with Crippen LogP contribution in [0.1, 0.15) is 0 Å². The molecule has 6 heteroatoms. The van der Waals surface area contributed by atoms with Gasteiger partial charge in [0, 0.05) is 25.5 Å². The zero-order valence-corrected chi connectivity index (χ0v) is 13.6. The molecule has 1 heterocycles. The van der Waals surface area contributed by atoms with Gasteiger partial charge in [-0.05, 0) is 36.4 Å². The van der Waals surface area contributed by atoms with E-state index in [1.54, 1.807) is 6.07 Å². The van der Waals surface area contributed by atoms with E-state index in [1.165, 1.54) is 10.8 Å². The Labute approximate surface area is 139 Å². The summed E-state index contributed by atoms with van der Waals surface area (Å²) in [6.45, 7) is -0.0582. The number of anilines is 2. The van der Waals surface area contributed by atoms with E-state index in [-0.39, 0.29) is 18.0 Å². The maximum atomic E-state index is 12.3. The molecule has 6 nitrogen and oxygen atoms in total. The molecule has 3 aromatic rings. The molecular formula is C18H18N4O2. The number of aromatic nitrogens is 2. The molecule has 122 valence electrons. The van der Waals surface area contributed by atoms with Crippen LogP contribution in [0.25, 0.3) is 11.0 Å². The third-order valence-corrected chi connectivity index (χ3v) is 3.72. The Balaban J connectivity index is 1.80. The molecule has 0 saturated heterocycles. The molecule has 0 bridgehead atoms. The molecule has 0 aliphatic carbocycles. The highest BCUT2D eigenvalue weighted by molar-refractivity contribution is 5.91. The van der Waals surface area contributed by atoms with Gasteiger partial charge in [0.2, 0.25) is 5.91 Å². The first-order valence-corrected chi connectivity index (χ1v) is 7.56. The number of carbonyl (C=O) groups is 1. The summed E-state index contributed by atoms with van der Waals surface area (Å²) in [5.41, 5.74) is 2.76. The van der Waals surface area contributed by atoms with Crippen LogP contribution >= 0.6 is 0 Å². The van der Waals surface area contributed by atoms with Crippen LogP contribution in [-0.4, -0.2) is 29.6 Å². The predicted molar refractivity (Wildman–Crippen MR) is 95.4 cm³/mol. The molecule has 0 radical (unpaired) electrons. The summed E-state index contributed by atoms with van der Waals surface area (Å²) in [5, 5.41) is 2.81. The fourth-order valence-electron chi connectivity index (χ4n) is 2.46. The van der Waals surface area contributed by atoms with E-state index >= 15 is 0 Å². The van der Waals surface area contributed by atoms with Crippen molar-refractivity contribution in [3.63, 3.8) is 0 Å². The molecule has 0 unspecified atom stereocenters. The number of rotatable bonds is 4. The van der Waals surface area contributed by atoms with Crippen LogP contribution in [-0.2, 0) is 11.3 Å². The van der Waals surface area contributed by atoms with Gasteiger partial charge in [0.1, 0.15) is 6.54 Å². The Bertz CT molecular complexity index is 930. The average molecular weight is 322 g/mol. The molecule has 1 amide bonds. The van der Waals surface area contributed by atoms with Gasteiger partial charge in [0.25, 0.3) is 5.56 Å². The van der Waals surface area contributed by atoms with Crippen LogP contribution in [0.4, 0.5) is 11.4 Å². The van der Waals surface area contributed by atoms with E-state index in [1.807, 2.05) is 61.5 Å². The fourth-order valence-corrected chi connectivity index (χ4v) is 2.46. The minimum Gasteiger partial charge on any atom is -0.378 e. The first-order chi connectivity index (χ1) is 11.5. The fraction of sp³-hybridized carbons (Fsp3) is 0.167. The van der Waals surface area contributed by atoms with Crippen molar-refractivity contribution in [2.24, 2.45) is 0 Å². The standard InChI is InChI=1S/C18H18N4O2/c1-21(2)14-9-7-13(8-10-14)20-17(23)12-22-16-6-4-3-5-15(16)19-11-18(22)24/h3-11H,12H2,1-2H3,(H,20,23). The van der Waals surface area contributed by atoms with Crippen LogP contribution < -0.4 is 15.8 Å². The quantitative estimate of drug-likeness (QED) is 0.799. The zero-order valence-electron chi connectivity index (χ0n) is 13.6. The van der Waals surface area contributed by atoms with E-state index in [4.69, 9.17) is 0 Å². The average Bonchev–Trinajstić information content (AvgIpc) is 2.58. The minimum atomic E-state index is -0.299. The van der Waals surface area contributed by atoms with Gasteiger partial charge in [0.05, 0.1) is 17.2 Å². The summed E-state index contributed by atoms with van der Waals surface area (Å²) in [7, 11) is 3.91. The molecule has 1 N–H and O–H groups in total. The summed E-state index contributed by atoms with van der Waals surface area (Å²) in [6.07, 6.45) is 1.24. The van der Waals surface area contributed by atoms with Crippen molar-refractivity contribution in [2.75, 3.05) is 24.3 Å². The monoisotopic (exact) mass is 322 g/mol. The van der Waals surface area contributed by atoms with Gasteiger partial charge in [-0.15, -0.1) is 0 Å². The molecular weight excluding hydrogens is 304 g/mol. The lowest BCUT2D eigenvalue weighted by Crippen LogP contribution is -2.28. The number of hydrogen-bond donors (Lipinski definition) is 1. The number of nitrogens with one attached hydrogen (secondary N) is 1. The van der Waals surface area contributed by atoms with Gasteiger partial charge in [-0.3, -0.25) is 14.2 Å². The first-order valence-electron chi connectivity index (χ1n) is 7.56. The summed E-state index contributed by atoms with van der Waals surface area (Å²) in [4.78, 5) is 30.4. The van der Waals surface area contributed by atoms with Gasteiger partial charge in [-0.1, -0.05) is 12.1 Å². The van der Waals surface area contributed by atoms with Gasteiger partial charge in [-0.2, -0.15) is 0 Å². The van der Waals surface area contributed by atoms with Crippen LogP contribution in [0, 0.1) is 0 Å². The van der Waals surface area contributed by atoms with Gasteiger partial charge < -0.3 is 10.2 Å². The normalized spacial score (nSPS) is 10.6. The Morgan fingerprint density at radius 1 is 1.12 bits per heavy atom. The van der Waals surface area contributed by atoms with Crippen molar-refractivity contribution in [1.29, 1.82) is 0 Å². The van der Waals surface area contributed by atoms with E-state index < -0.39 is 0 Å². The molecule has 0 atom stereocenters. The second kappa shape index (κ2) is 6.54. The third-order valence-electron chi connectivity index (χ3n) is 3.72. The van der Waals surface area contributed by atoms with Crippen LogP contribution in [0.15, 0.2) is 59.5 Å². The van der Waals surface area contributed by atoms with E-state index in [9.17, 15) is 9.59 Å². The Hall–Kier alpha value is -3.15. The van der Waals surface area contributed by atoms with E-state index in [0.717, 1.165) is 5.69 Å². The summed E-state index contributed by atoms with van der Waals surface area (Å²) < 4.78 is 1.42. The molecule has 0 fully saturated rings. The molecule has 24 heavy (non-hydrogen) atoms. The summed E-state index contributed by atoms with van der Waals surface area (Å²) in [5.74, 6) is -0.258. The number of nitrogens with zero attached hydrogens (tertiary/aromatic N) is 3. The largest absolute Gasteiger partial charge is 0.378 e. The van der Waals surface area contributed by atoms with Gasteiger partial charge in [-0.25, -0.2) is 4.98 Å². The minimum absolute atomic E-state index is 0.0582. The second-order valence-corrected chi connectivity index (χ2v) is 5.66. The van der Waals surface area contributed by atoms with E-state index in [2.05, 4.69) is 10.3 Å². The van der Waals surface area contributed by atoms with Crippen LogP contribution in [0.2, 0.25) is 0 Å². The van der Waals surface area contributed by atoms with Crippen molar-refractivity contribution in [3.05, 3.63) is 65.1 Å². The number of para-hydroxylation sites is 2. The highest BCUT2D eigenvalue weighted by Crippen LogP contribution is 2.16. The van der Waals surface area contributed by atoms with Gasteiger partial charge in [0.15, 0.2) is 0 Å². The van der Waals surface area contributed by atoms with E-state index in [0.29, 0.717) is 16.7 Å². The second-order valence-electron chi connectivity index (χ2n) is 5.66. The van der Waals surface area contributed by atoms with Crippen molar-refractivity contribution in [1.82, 2.24) is 9.55 Å². The highest BCUT2D eigenvalue weighted by Gasteiger charge is 2.09. The molecule has 1 aromatic heterocycles. The third kappa shape index (κ3) is 3.27. The lowest BCUT2D eigenvalue weighted by Gasteiger charge is -2.13. The van der Waals surface area contributed by atoms with Crippen LogP contribution in [0.5, 0.6) is 0 Å². The number of hydrogen-bond acceptors (Lipinski definition) is 4. The SMILES string of the molecule is CN(C)c1ccc(NC(=O)Cn2c(=O)cnc3ccccc32)cc1. The van der Waals surface area contributed by atoms with Crippen molar-refractivity contribution in [2.45, 2.75) is 6.54 Å². The Morgan fingerprint density at radius 2 is 1.83 bits per heavy atom. The van der Waals surface area contributed by atoms with Crippen LogP contribution in [0.3, 0.4) is 0 Å². The summed E-state index contributed by atoms with van der Waals surface area (Å²) in [6, 6.07) is 14.8. The number of carbonyl (C=O) groups excluding carboxylic acids is 1. The number of benzene rings is 2. The molecule has 0 saturated carbocycles. The molecule has 0 aliphatic rings. The van der Waals surface area contributed by atoms with Crippen molar-refractivity contribution >= 4 is 28.3 Å². The maximum Gasteiger partial charge on any atom is 0.269 e. The molecule has 2 aromatic carbocycles. The predicted octanol–water partition coefficient (Wildman–Crippen LogP) is 2.10. The topological polar surface area (TPSA) is 67.2 Å². The van der Waals surface area contributed by atoms with Gasteiger partial charge >= 0.3 is 0 Å². The Morgan fingerprint density at radius 3 is 2.54 bits per heavy atom. The molecule has 0 aliphatic heterocycles. The van der Waals surface area contributed by atoms with Crippen molar-refractivity contribution in [3.8, 4) is 0 Å². The lowest BCUT2D eigenvalue weighted by atomic mass is 10.2. The maximum absolute atomic E-state index is 12.3. The Kier molecular flexibility index (Phi) is 4.29. The smallest absolute Gasteiger partial charge is 0.269 e. The number of amides is 1. The molecule has 3 rings (SSSR count). The van der Waals surface area contributed by atoms with Crippen molar-refractivity contribution < 1.29 is 4.79 Å². The zero-order chi connectivity index (χ0) is 17.1. The first kappa shape index (κ1) is 15.7. The summed E-state index contributed by atoms with van der Waals surface area (Å²) >= 11 is 0. The number of fused-ring (bicyclic) bond motifs is 1. The highest BCUT2D eigenvalue weighted by atomic mass is 16.2. The lowest BCUT2D eigenvalue weighted by molar-refractivity contribution is -0.116.